The first kappa shape index (κ1) is 22.6. The van der Waals surface area contributed by atoms with Gasteiger partial charge < -0.3 is 9.80 Å². The zero-order valence-electron chi connectivity index (χ0n) is 18.0. The lowest BCUT2D eigenvalue weighted by atomic mass is 10.1. The maximum Gasteiger partial charge on any atom is 0.210 e. The van der Waals surface area contributed by atoms with Crippen LogP contribution in [0, 0.1) is 11.6 Å². The smallest absolute Gasteiger partial charge is 0.210 e. The van der Waals surface area contributed by atoms with E-state index >= 15 is 0 Å². The summed E-state index contributed by atoms with van der Waals surface area (Å²) in [5.74, 6) is -0.772. The fourth-order valence-corrected chi connectivity index (χ4v) is 5.80. The number of hydrogen-bond acceptors (Lipinski definition) is 5. The maximum absolute atomic E-state index is 14.2. The normalized spacial score (nSPS) is 14.6. The van der Waals surface area contributed by atoms with Crippen molar-refractivity contribution < 1.29 is 17.2 Å². The molecule has 0 bridgehead atoms. The van der Waals surface area contributed by atoms with Gasteiger partial charge in [0.15, 0.2) is 0 Å². The molecule has 34 heavy (non-hydrogen) atoms. The van der Waals surface area contributed by atoms with E-state index < -0.39 is 15.7 Å². The number of sulfone groups is 1. The molecular weight excluding hydrogens is 480 g/mol. The third-order valence-corrected chi connectivity index (χ3v) is 7.99. The fourth-order valence-electron chi connectivity index (χ4n) is 4.24. The van der Waals surface area contributed by atoms with Gasteiger partial charge in [-0.1, -0.05) is 11.6 Å². The van der Waals surface area contributed by atoms with Gasteiger partial charge in [-0.05, 0) is 66.7 Å². The van der Waals surface area contributed by atoms with Crippen LogP contribution in [0.2, 0.25) is 5.02 Å². The van der Waals surface area contributed by atoms with Crippen molar-refractivity contribution in [2.75, 3.05) is 36.0 Å². The topological polar surface area (TPSA) is 53.5 Å². The molecule has 174 valence electrons. The summed E-state index contributed by atoms with van der Waals surface area (Å²) in [6.07, 6.45) is 1.34. The average molecular weight is 500 g/mol. The van der Waals surface area contributed by atoms with E-state index in [9.17, 15) is 17.2 Å². The number of hydrogen-bond donors (Lipinski definition) is 0. The lowest BCUT2D eigenvalue weighted by molar-refractivity contribution is 0.593. The largest absolute Gasteiger partial charge is 0.368 e. The van der Waals surface area contributed by atoms with Gasteiger partial charge >= 0.3 is 0 Å². The molecule has 1 aliphatic heterocycles. The Bertz CT molecular complexity index is 1450. The van der Waals surface area contributed by atoms with E-state index in [0.29, 0.717) is 47.8 Å². The highest BCUT2D eigenvalue weighted by Gasteiger charge is 2.29. The van der Waals surface area contributed by atoms with Gasteiger partial charge in [0.1, 0.15) is 16.5 Å². The number of anilines is 2. The predicted molar refractivity (Wildman–Crippen MR) is 129 cm³/mol. The molecule has 0 radical (unpaired) electrons. The van der Waals surface area contributed by atoms with Crippen LogP contribution in [0.1, 0.15) is 0 Å². The summed E-state index contributed by atoms with van der Waals surface area (Å²) >= 11 is 5.95. The molecule has 0 spiro atoms. The van der Waals surface area contributed by atoms with E-state index in [0.717, 1.165) is 5.69 Å². The van der Waals surface area contributed by atoms with Crippen molar-refractivity contribution in [1.82, 2.24) is 4.98 Å². The molecule has 0 aliphatic carbocycles. The quantitative estimate of drug-likeness (QED) is 0.380. The van der Waals surface area contributed by atoms with Gasteiger partial charge in [0.05, 0.1) is 16.1 Å². The zero-order valence-corrected chi connectivity index (χ0v) is 19.5. The molecule has 1 aliphatic rings. The van der Waals surface area contributed by atoms with E-state index in [4.69, 9.17) is 11.6 Å². The Balaban J connectivity index is 1.57. The minimum absolute atomic E-state index is 0.0168. The number of piperazine rings is 1. The van der Waals surface area contributed by atoms with Crippen LogP contribution in [0.4, 0.5) is 20.2 Å². The van der Waals surface area contributed by atoms with Crippen molar-refractivity contribution in [2.45, 2.75) is 9.79 Å². The lowest BCUT2D eigenvalue weighted by Crippen LogP contribution is -2.47. The fraction of sp³-hybridized carbons (Fsp3) is 0.160. The first-order valence-electron chi connectivity index (χ1n) is 10.7. The van der Waals surface area contributed by atoms with Gasteiger partial charge in [0.2, 0.25) is 9.84 Å². The summed E-state index contributed by atoms with van der Waals surface area (Å²) in [4.78, 5) is 8.47. The molecule has 1 aromatic heterocycles. The molecule has 0 N–H and O–H groups in total. The Morgan fingerprint density at radius 2 is 1.41 bits per heavy atom. The number of halogens is 3. The molecule has 2 heterocycles. The highest BCUT2D eigenvalue weighted by atomic mass is 35.5. The second kappa shape index (κ2) is 8.85. The van der Waals surface area contributed by atoms with Gasteiger partial charge in [0.25, 0.3) is 0 Å². The van der Waals surface area contributed by atoms with E-state index in [-0.39, 0.29) is 15.6 Å². The van der Waals surface area contributed by atoms with Crippen LogP contribution < -0.4 is 9.80 Å². The van der Waals surface area contributed by atoms with E-state index in [2.05, 4.69) is 9.88 Å². The standard InChI is InChI=1S/C25H20ClF2N3O2S/c26-17-1-8-21(9-2-17)34(32,33)24-16-29-23-10-5-19(28)15-22(23)25(24)31-13-11-30(12-14-31)20-6-3-18(27)4-7-20/h1-10,15-16H,11-14H2. The van der Waals surface area contributed by atoms with Crippen LogP contribution in [0.3, 0.4) is 0 Å². The number of nitrogens with zero attached hydrogens (tertiary/aromatic N) is 3. The third kappa shape index (κ3) is 4.19. The number of aromatic nitrogens is 1. The Labute approximate surface area is 201 Å². The van der Waals surface area contributed by atoms with E-state index in [1.54, 1.807) is 18.2 Å². The van der Waals surface area contributed by atoms with Crippen LogP contribution in [0.15, 0.2) is 82.7 Å². The molecular formula is C25H20ClF2N3O2S. The highest BCUT2D eigenvalue weighted by molar-refractivity contribution is 7.91. The van der Waals surface area contributed by atoms with Crippen LogP contribution in [0.25, 0.3) is 10.9 Å². The van der Waals surface area contributed by atoms with Crippen molar-refractivity contribution >= 4 is 43.7 Å². The van der Waals surface area contributed by atoms with Gasteiger partial charge in [-0.15, -0.1) is 0 Å². The molecule has 1 saturated heterocycles. The summed E-state index contributed by atoms with van der Waals surface area (Å²) in [6, 6.07) is 16.4. The average Bonchev–Trinajstić information content (AvgIpc) is 2.84. The number of benzene rings is 3. The first-order valence-corrected chi connectivity index (χ1v) is 12.5. The van der Waals surface area contributed by atoms with Crippen molar-refractivity contribution in [3.63, 3.8) is 0 Å². The van der Waals surface area contributed by atoms with Crippen LogP contribution in [-0.2, 0) is 9.84 Å². The lowest BCUT2D eigenvalue weighted by Gasteiger charge is -2.38. The number of pyridine rings is 1. The van der Waals surface area contributed by atoms with Crippen molar-refractivity contribution in [2.24, 2.45) is 0 Å². The van der Waals surface area contributed by atoms with E-state index in [1.807, 2.05) is 4.90 Å². The van der Waals surface area contributed by atoms with Crippen molar-refractivity contribution in [3.05, 3.63) is 89.6 Å². The predicted octanol–water partition coefficient (Wildman–Crippen LogP) is 5.33. The van der Waals surface area contributed by atoms with Crippen molar-refractivity contribution in [1.29, 1.82) is 0 Å². The van der Waals surface area contributed by atoms with Gasteiger partial charge in [-0.2, -0.15) is 0 Å². The second-order valence-electron chi connectivity index (χ2n) is 8.04. The van der Waals surface area contributed by atoms with Gasteiger partial charge in [-0.25, -0.2) is 17.2 Å². The van der Waals surface area contributed by atoms with Crippen molar-refractivity contribution in [3.8, 4) is 0 Å². The Morgan fingerprint density at radius 3 is 2.09 bits per heavy atom. The number of fused-ring (bicyclic) bond motifs is 1. The molecule has 5 rings (SSSR count). The van der Waals surface area contributed by atoms with Gasteiger partial charge in [0, 0.05) is 48.5 Å². The molecule has 5 nitrogen and oxygen atoms in total. The first-order chi connectivity index (χ1) is 16.3. The highest BCUT2D eigenvalue weighted by Crippen LogP contribution is 2.37. The molecule has 3 aromatic carbocycles. The summed E-state index contributed by atoms with van der Waals surface area (Å²) in [7, 11) is -3.95. The third-order valence-electron chi connectivity index (χ3n) is 5.97. The SMILES string of the molecule is O=S(=O)(c1ccc(Cl)cc1)c1cnc2ccc(F)cc2c1N1CCN(c2ccc(F)cc2)CC1. The molecule has 0 amide bonds. The minimum atomic E-state index is -3.95. The van der Waals surface area contributed by atoms with Crippen LogP contribution in [0.5, 0.6) is 0 Å². The molecule has 1 fully saturated rings. The zero-order chi connectivity index (χ0) is 23.9. The van der Waals surface area contributed by atoms with Crippen LogP contribution in [-0.4, -0.2) is 39.6 Å². The Morgan fingerprint density at radius 1 is 0.794 bits per heavy atom. The molecule has 0 saturated carbocycles. The Hall–Kier alpha value is -3.23. The molecule has 4 aromatic rings. The summed E-state index contributed by atoms with van der Waals surface area (Å²) in [5.41, 5.74) is 1.83. The molecule has 0 unspecified atom stereocenters. The van der Waals surface area contributed by atoms with Gasteiger partial charge in [-0.3, -0.25) is 4.98 Å². The van der Waals surface area contributed by atoms with E-state index in [1.165, 1.54) is 54.7 Å². The molecule has 9 heteroatoms. The number of rotatable bonds is 4. The molecule has 0 atom stereocenters. The Kier molecular flexibility index (Phi) is 5.87. The maximum atomic E-state index is 14.2. The summed E-state index contributed by atoms with van der Waals surface area (Å²) in [6.45, 7) is 2.17. The second-order valence-corrected chi connectivity index (χ2v) is 10.4. The van der Waals surface area contributed by atoms with Crippen LogP contribution >= 0.6 is 11.6 Å². The summed E-state index contributed by atoms with van der Waals surface area (Å²) in [5, 5.41) is 0.861. The minimum Gasteiger partial charge on any atom is -0.368 e. The monoisotopic (exact) mass is 499 g/mol. The summed E-state index contributed by atoms with van der Waals surface area (Å²) < 4.78 is 54.8.